The second-order valence-electron chi connectivity index (χ2n) is 5.44. The number of rotatable bonds is 5. The molecule has 2 rings (SSSR count). The fourth-order valence-electron chi connectivity index (χ4n) is 2.73. The summed E-state index contributed by atoms with van der Waals surface area (Å²) in [6.45, 7) is 2.82. The lowest BCUT2D eigenvalue weighted by Crippen LogP contribution is -2.47. The van der Waals surface area contributed by atoms with Gasteiger partial charge in [-0.2, -0.15) is 0 Å². The van der Waals surface area contributed by atoms with E-state index >= 15 is 0 Å². The van der Waals surface area contributed by atoms with E-state index in [9.17, 15) is 19.3 Å². The SMILES string of the molecule is CCC(=O)NC1CCCN(c2cc(OC)c(F)cc2[N+](=O)[O-])C1. The standard InChI is InChI=1S/C15H20FN3O4/c1-3-15(20)17-10-5-4-6-18(9-10)12-8-14(23-2)11(16)7-13(12)19(21)22/h7-8,10H,3-6,9H2,1-2H3,(H,17,20). The zero-order valence-electron chi connectivity index (χ0n) is 13.2. The minimum absolute atomic E-state index is 0.0367. The summed E-state index contributed by atoms with van der Waals surface area (Å²) in [5, 5.41) is 14.1. The minimum Gasteiger partial charge on any atom is -0.494 e. The molecule has 0 aromatic heterocycles. The number of piperidine rings is 1. The Kier molecular flexibility index (Phi) is 5.36. The lowest BCUT2D eigenvalue weighted by molar-refractivity contribution is -0.384. The molecule has 126 valence electrons. The molecule has 1 aromatic rings. The molecule has 0 spiro atoms. The van der Waals surface area contributed by atoms with Crippen LogP contribution in [0.1, 0.15) is 26.2 Å². The van der Waals surface area contributed by atoms with E-state index in [4.69, 9.17) is 4.74 Å². The Morgan fingerprint density at radius 2 is 2.30 bits per heavy atom. The molecule has 0 saturated carbocycles. The van der Waals surface area contributed by atoms with Crippen LogP contribution < -0.4 is 15.0 Å². The van der Waals surface area contributed by atoms with Gasteiger partial charge in [0.15, 0.2) is 11.6 Å². The van der Waals surface area contributed by atoms with Crippen LogP contribution in [0.2, 0.25) is 0 Å². The largest absolute Gasteiger partial charge is 0.494 e. The summed E-state index contributed by atoms with van der Waals surface area (Å²) >= 11 is 0. The van der Waals surface area contributed by atoms with Crippen molar-refractivity contribution in [2.24, 2.45) is 0 Å². The molecule has 1 unspecified atom stereocenters. The number of nitro benzene ring substituents is 1. The highest BCUT2D eigenvalue weighted by atomic mass is 19.1. The first-order valence-electron chi connectivity index (χ1n) is 7.52. The third-order valence-electron chi connectivity index (χ3n) is 3.89. The van der Waals surface area contributed by atoms with E-state index < -0.39 is 10.7 Å². The fraction of sp³-hybridized carbons (Fsp3) is 0.533. The molecule has 23 heavy (non-hydrogen) atoms. The smallest absolute Gasteiger partial charge is 0.295 e. The highest BCUT2D eigenvalue weighted by Gasteiger charge is 2.28. The highest BCUT2D eigenvalue weighted by molar-refractivity contribution is 5.76. The summed E-state index contributed by atoms with van der Waals surface area (Å²) < 4.78 is 18.7. The number of carbonyl (C=O) groups is 1. The van der Waals surface area contributed by atoms with Crippen LogP contribution in [-0.4, -0.2) is 37.1 Å². The summed E-state index contributed by atoms with van der Waals surface area (Å²) in [6, 6.07) is 2.15. The van der Waals surface area contributed by atoms with E-state index in [0.717, 1.165) is 18.9 Å². The van der Waals surface area contributed by atoms with Crippen LogP contribution in [0.5, 0.6) is 5.75 Å². The summed E-state index contributed by atoms with van der Waals surface area (Å²) in [7, 11) is 1.31. The second-order valence-corrected chi connectivity index (χ2v) is 5.44. The fourth-order valence-corrected chi connectivity index (χ4v) is 2.73. The first kappa shape index (κ1) is 17.0. The molecule has 1 atom stereocenters. The topological polar surface area (TPSA) is 84.7 Å². The van der Waals surface area contributed by atoms with E-state index in [1.165, 1.54) is 13.2 Å². The molecular formula is C15H20FN3O4. The predicted molar refractivity (Wildman–Crippen MR) is 83.3 cm³/mol. The molecule has 0 radical (unpaired) electrons. The maximum absolute atomic E-state index is 13.7. The number of nitrogens with zero attached hydrogens (tertiary/aromatic N) is 2. The summed E-state index contributed by atoms with van der Waals surface area (Å²) in [5.74, 6) is -0.857. The molecule has 1 fully saturated rings. The number of halogens is 1. The quantitative estimate of drug-likeness (QED) is 0.663. The Bertz CT molecular complexity index is 609. The van der Waals surface area contributed by atoms with Gasteiger partial charge in [-0.05, 0) is 12.8 Å². The molecule has 8 heteroatoms. The third kappa shape index (κ3) is 3.88. The summed E-state index contributed by atoms with van der Waals surface area (Å²) in [5.41, 5.74) is 0.00876. The first-order valence-corrected chi connectivity index (χ1v) is 7.52. The van der Waals surface area contributed by atoms with Gasteiger partial charge < -0.3 is 15.0 Å². The van der Waals surface area contributed by atoms with Crippen LogP contribution in [0.4, 0.5) is 15.8 Å². The highest BCUT2D eigenvalue weighted by Crippen LogP contribution is 2.35. The van der Waals surface area contributed by atoms with Crippen LogP contribution in [0.3, 0.4) is 0 Å². The van der Waals surface area contributed by atoms with Crippen molar-refractivity contribution >= 4 is 17.3 Å². The van der Waals surface area contributed by atoms with Crippen molar-refractivity contribution in [1.82, 2.24) is 5.32 Å². The Morgan fingerprint density at radius 3 is 2.91 bits per heavy atom. The van der Waals surface area contributed by atoms with E-state index in [-0.39, 0.29) is 23.4 Å². The first-order chi connectivity index (χ1) is 11.0. The molecule has 0 bridgehead atoms. The predicted octanol–water partition coefficient (Wildman–Crippen LogP) is 2.24. The number of ether oxygens (including phenoxy) is 1. The van der Waals surface area contributed by atoms with E-state index in [2.05, 4.69) is 5.32 Å². The van der Waals surface area contributed by atoms with Crippen LogP contribution in [-0.2, 0) is 4.79 Å². The van der Waals surface area contributed by atoms with Gasteiger partial charge in [-0.15, -0.1) is 0 Å². The number of nitro groups is 1. The Hall–Kier alpha value is -2.38. The van der Waals surface area contributed by atoms with Gasteiger partial charge in [0.05, 0.1) is 18.1 Å². The average molecular weight is 325 g/mol. The number of amides is 1. The lowest BCUT2D eigenvalue weighted by Gasteiger charge is -2.34. The van der Waals surface area contributed by atoms with Gasteiger partial charge in [0, 0.05) is 31.6 Å². The second kappa shape index (κ2) is 7.26. The number of nitrogens with one attached hydrogen (secondary N) is 1. The number of anilines is 1. The zero-order chi connectivity index (χ0) is 17.0. The normalized spacial score (nSPS) is 17.7. The van der Waals surface area contributed by atoms with Gasteiger partial charge in [-0.25, -0.2) is 4.39 Å². The number of methoxy groups -OCH3 is 1. The van der Waals surface area contributed by atoms with Crippen molar-refractivity contribution in [2.75, 3.05) is 25.1 Å². The lowest BCUT2D eigenvalue weighted by atomic mass is 10.0. The summed E-state index contributed by atoms with van der Waals surface area (Å²) in [6.07, 6.45) is 1.99. The number of benzene rings is 1. The van der Waals surface area contributed by atoms with Gasteiger partial charge in [-0.3, -0.25) is 14.9 Å². The molecule has 7 nitrogen and oxygen atoms in total. The molecule has 1 aromatic carbocycles. The van der Waals surface area contributed by atoms with Crippen molar-refractivity contribution in [2.45, 2.75) is 32.2 Å². The van der Waals surface area contributed by atoms with E-state index in [0.29, 0.717) is 25.2 Å². The van der Waals surface area contributed by atoms with Crippen LogP contribution in [0, 0.1) is 15.9 Å². The Morgan fingerprint density at radius 1 is 1.57 bits per heavy atom. The van der Waals surface area contributed by atoms with Gasteiger partial charge in [0.25, 0.3) is 5.69 Å². The van der Waals surface area contributed by atoms with Gasteiger partial charge in [-0.1, -0.05) is 6.92 Å². The molecular weight excluding hydrogens is 305 g/mol. The minimum atomic E-state index is -0.768. The zero-order valence-corrected chi connectivity index (χ0v) is 13.2. The molecule has 1 aliphatic heterocycles. The van der Waals surface area contributed by atoms with Crippen LogP contribution >= 0.6 is 0 Å². The molecule has 1 saturated heterocycles. The van der Waals surface area contributed by atoms with E-state index in [1.54, 1.807) is 11.8 Å². The monoisotopic (exact) mass is 325 g/mol. The van der Waals surface area contributed by atoms with E-state index in [1.807, 2.05) is 0 Å². The molecule has 1 N–H and O–H groups in total. The average Bonchev–Trinajstić information content (AvgIpc) is 2.54. The van der Waals surface area contributed by atoms with Crippen molar-refractivity contribution in [1.29, 1.82) is 0 Å². The number of hydrogen-bond donors (Lipinski definition) is 1. The molecule has 1 heterocycles. The maximum Gasteiger partial charge on any atom is 0.295 e. The van der Waals surface area contributed by atoms with Gasteiger partial charge in [0.2, 0.25) is 5.91 Å². The van der Waals surface area contributed by atoms with Crippen molar-refractivity contribution < 1.29 is 18.8 Å². The molecule has 0 aliphatic carbocycles. The number of hydrogen-bond acceptors (Lipinski definition) is 5. The summed E-state index contributed by atoms with van der Waals surface area (Å²) in [4.78, 5) is 24.0. The third-order valence-corrected chi connectivity index (χ3v) is 3.89. The number of carbonyl (C=O) groups excluding carboxylic acids is 1. The van der Waals surface area contributed by atoms with Crippen molar-refractivity contribution in [3.05, 3.63) is 28.1 Å². The maximum atomic E-state index is 13.7. The van der Waals surface area contributed by atoms with Crippen molar-refractivity contribution in [3.63, 3.8) is 0 Å². The van der Waals surface area contributed by atoms with Crippen molar-refractivity contribution in [3.8, 4) is 5.75 Å². The Labute approximate surface area is 133 Å². The van der Waals surface area contributed by atoms with Crippen LogP contribution in [0.25, 0.3) is 0 Å². The van der Waals surface area contributed by atoms with Crippen LogP contribution in [0.15, 0.2) is 12.1 Å². The Balaban J connectivity index is 2.28. The van der Waals surface area contributed by atoms with Gasteiger partial charge >= 0.3 is 0 Å². The molecule has 1 aliphatic rings. The van der Waals surface area contributed by atoms with Gasteiger partial charge in [0.1, 0.15) is 5.69 Å². The molecule has 1 amide bonds.